The number of primary amides is 1. The predicted molar refractivity (Wildman–Crippen MR) is 78.0 cm³/mol. The summed E-state index contributed by atoms with van der Waals surface area (Å²) >= 11 is 0. The Labute approximate surface area is 115 Å². The van der Waals surface area contributed by atoms with E-state index in [0.29, 0.717) is 11.6 Å². The Hall–Kier alpha value is -1.35. The third-order valence-electron chi connectivity index (χ3n) is 4.14. The van der Waals surface area contributed by atoms with Crippen molar-refractivity contribution in [3.05, 3.63) is 34.9 Å². The van der Waals surface area contributed by atoms with Crippen LogP contribution in [0.4, 0.5) is 0 Å². The van der Waals surface area contributed by atoms with Crippen LogP contribution in [0, 0.1) is 12.8 Å². The van der Waals surface area contributed by atoms with E-state index in [2.05, 4.69) is 12.2 Å². The van der Waals surface area contributed by atoms with Gasteiger partial charge in [0.2, 0.25) is 5.91 Å². The lowest BCUT2D eigenvalue weighted by Crippen LogP contribution is -2.33. The third kappa shape index (κ3) is 3.80. The van der Waals surface area contributed by atoms with Crippen molar-refractivity contribution in [3.8, 4) is 0 Å². The summed E-state index contributed by atoms with van der Waals surface area (Å²) in [6, 6.07) is 6.34. The van der Waals surface area contributed by atoms with Crippen LogP contribution in [0.2, 0.25) is 0 Å². The number of hydrogen-bond acceptors (Lipinski definition) is 2. The number of carbonyl (C=O) groups excluding carboxylic acids is 1. The van der Waals surface area contributed by atoms with Gasteiger partial charge in [-0.25, -0.2) is 0 Å². The summed E-state index contributed by atoms with van der Waals surface area (Å²) in [5.74, 6) is 0.480. The summed E-state index contributed by atoms with van der Waals surface area (Å²) in [5.41, 5.74) is 8.26. The highest BCUT2D eigenvalue weighted by Gasteiger charge is 2.18. The molecule has 1 fully saturated rings. The monoisotopic (exact) mass is 260 g/mol. The number of amides is 1. The zero-order chi connectivity index (χ0) is 13.8. The Kier molecular flexibility index (Phi) is 4.59. The van der Waals surface area contributed by atoms with Gasteiger partial charge in [0.15, 0.2) is 0 Å². The second-order valence-corrected chi connectivity index (χ2v) is 5.86. The molecular formula is C16H24N2O. The van der Waals surface area contributed by atoms with E-state index in [1.54, 1.807) is 0 Å². The molecule has 1 aliphatic rings. The summed E-state index contributed by atoms with van der Waals surface area (Å²) in [5, 5.41) is 3.64. The standard InChI is InChI=1S/C16H24N2O/c1-11-4-3-5-15(8-11)18-10-14-7-6-13(16(17)19)9-12(14)2/h6-7,9,11,15,18H,3-5,8,10H2,1-2H3,(H2,17,19). The Bertz CT molecular complexity index is 456. The summed E-state index contributed by atoms with van der Waals surface area (Å²) in [6.45, 7) is 5.25. The van der Waals surface area contributed by atoms with Gasteiger partial charge in [0.1, 0.15) is 0 Å². The van der Waals surface area contributed by atoms with E-state index in [1.165, 1.54) is 31.2 Å². The van der Waals surface area contributed by atoms with E-state index in [4.69, 9.17) is 5.73 Å². The van der Waals surface area contributed by atoms with Crippen LogP contribution in [0.3, 0.4) is 0 Å². The van der Waals surface area contributed by atoms with Gasteiger partial charge in [0.05, 0.1) is 0 Å². The number of nitrogens with one attached hydrogen (secondary N) is 1. The summed E-state index contributed by atoms with van der Waals surface area (Å²) in [6.07, 6.45) is 5.25. The van der Waals surface area contributed by atoms with Gasteiger partial charge in [-0.05, 0) is 48.9 Å². The zero-order valence-corrected chi connectivity index (χ0v) is 11.9. The van der Waals surface area contributed by atoms with Crippen LogP contribution in [-0.4, -0.2) is 11.9 Å². The Balaban J connectivity index is 1.94. The first-order chi connectivity index (χ1) is 9.06. The minimum Gasteiger partial charge on any atom is -0.366 e. The average molecular weight is 260 g/mol. The molecule has 1 amide bonds. The number of hydrogen-bond donors (Lipinski definition) is 2. The zero-order valence-electron chi connectivity index (χ0n) is 11.9. The van der Waals surface area contributed by atoms with E-state index in [1.807, 2.05) is 25.1 Å². The quantitative estimate of drug-likeness (QED) is 0.874. The predicted octanol–water partition coefficient (Wildman–Crippen LogP) is 2.76. The fourth-order valence-electron chi connectivity index (χ4n) is 2.92. The van der Waals surface area contributed by atoms with Gasteiger partial charge in [-0.3, -0.25) is 4.79 Å². The lowest BCUT2D eigenvalue weighted by atomic mass is 9.87. The lowest BCUT2D eigenvalue weighted by Gasteiger charge is -2.27. The molecule has 0 spiro atoms. The molecule has 1 aromatic carbocycles. The van der Waals surface area contributed by atoms with Crippen molar-refractivity contribution >= 4 is 5.91 Å². The summed E-state index contributed by atoms with van der Waals surface area (Å²) in [4.78, 5) is 11.1. The van der Waals surface area contributed by atoms with Crippen LogP contribution in [0.15, 0.2) is 18.2 Å². The molecule has 3 heteroatoms. The molecule has 0 saturated heterocycles. The van der Waals surface area contributed by atoms with E-state index >= 15 is 0 Å². The SMILES string of the molecule is Cc1cc(C(N)=O)ccc1CNC1CCCC(C)C1. The van der Waals surface area contributed by atoms with E-state index in [0.717, 1.165) is 18.0 Å². The second-order valence-electron chi connectivity index (χ2n) is 5.86. The highest BCUT2D eigenvalue weighted by atomic mass is 16.1. The van der Waals surface area contributed by atoms with Crippen LogP contribution < -0.4 is 11.1 Å². The Morgan fingerprint density at radius 1 is 1.42 bits per heavy atom. The van der Waals surface area contributed by atoms with Gasteiger partial charge < -0.3 is 11.1 Å². The van der Waals surface area contributed by atoms with Gasteiger partial charge in [-0.15, -0.1) is 0 Å². The van der Waals surface area contributed by atoms with Crippen molar-refractivity contribution in [2.45, 2.75) is 52.1 Å². The smallest absolute Gasteiger partial charge is 0.248 e. The van der Waals surface area contributed by atoms with E-state index < -0.39 is 0 Å². The molecule has 2 atom stereocenters. The highest BCUT2D eigenvalue weighted by Crippen LogP contribution is 2.24. The number of rotatable bonds is 4. The molecule has 104 valence electrons. The van der Waals surface area contributed by atoms with Crippen molar-refractivity contribution in [3.63, 3.8) is 0 Å². The van der Waals surface area contributed by atoms with Gasteiger partial charge in [-0.1, -0.05) is 25.8 Å². The maximum Gasteiger partial charge on any atom is 0.248 e. The lowest BCUT2D eigenvalue weighted by molar-refractivity contribution is 0.1000. The van der Waals surface area contributed by atoms with E-state index in [-0.39, 0.29) is 5.91 Å². The highest BCUT2D eigenvalue weighted by molar-refractivity contribution is 5.93. The van der Waals surface area contributed by atoms with Crippen molar-refractivity contribution in [2.75, 3.05) is 0 Å². The van der Waals surface area contributed by atoms with Crippen molar-refractivity contribution in [2.24, 2.45) is 11.7 Å². The minimum absolute atomic E-state index is 0.358. The number of aryl methyl sites for hydroxylation is 1. The number of benzene rings is 1. The van der Waals surface area contributed by atoms with Gasteiger partial charge in [-0.2, -0.15) is 0 Å². The normalized spacial score (nSPS) is 23.3. The molecule has 0 heterocycles. The molecule has 1 saturated carbocycles. The third-order valence-corrected chi connectivity index (χ3v) is 4.14. The Morgan fingerprint density at radius 3 is 2.84 bits per heavy atom. The molecule has 1 aromatic rings. The fraction of sp³-hybridized carbons (Fsp3) is 0.562. The molecule has 0 aromatic heterocycles. The van der Waals surface area contributed by atoms with Crippen LogP contribution in [0.5, 0.6) is 0 Å². The molecule has 3 N–H and O–H groups in total. The van der Waals surface area contributed by atoms with Gasteiger partial charge in [0, 0.05) is 18.2 Å². The summed E-state index contributed by atoms with van der Waals surface area (Å²) in [7, 11) is 0. The number of nitrogens with two attached hydrogens (primary N) is 1. The van der Waals surface area contributed by atoms with Crippen molar-refractivity contribution < 1.29 is 4.79 Å². The van der Waals surface area contributed by atoms with E-state index in [9.17, 15) is 4.79 Å². The molecule has 0 radical (unpaired) electrons. The molecule has 0 bridgehead atoms. The van der Waals surface area contributed by atoms with Crippen LogP contribution >= 0.6 is 0 Å². The fourth-order valence-corrected chi connectivity index (χ4v) is 2.92. The van der Waals surface area contributed by atoms with Gasteiger partial charge in [0.25, 0.3) is 0 Å². The first-order valence-electron chi connectivity index (χ1n) is 7.19. The molecule has 3 nitrogen and oxygen atoms in total. The first-order valence-corrected chi connectivity index (χ1v) is 7.19. The molecule has 2 unspecified atom stereocenters. The maximum absolute atomic E-state index is 11.1. The summed E-state index contributed by atoms with van der Waals surface area (Å²) < 4.78 is 0. The molecule has 2 rings (SSSR count). The minimum atomic E-state index is -0.358. The maximum atomic E-state index is 11.1. The topological polar surface area (TPSA) is 55.1 Å². The Morgan fingerprint density at radius 2 is 2.21 bits per heavy atom. The first kappa shape index (κ1) is 14.1. The molecular weight excluding hydrogens is 236 g/mol. The molecule has 1 aliphatic carbocycles. The van der Waals surface area contributed by atoms with Crippen molar-refractivity contribution in [1.82, 2.24) is 5.32 Å². The number of carbonyl (C=O) groups is 1. The van der Waals surface area contributed by atoms with Crippen LogP contribution in [0.1, 0.15) is 54.1 Å². The molecule has 19 heavy (non-hydrogen) atoms. The average Bonchev–Trinajstić information content (AvgIpc) is 2.37. The van der Waals surface area contributed by atoms with Gasteiger partial charge >= 0.3 is 0 Å². The molecule has 0 aliphatic heterocycles. The van der Waals surface area contributed by atoms with Crippen molar-refractivity contribution in [1.29, 1.82) is 0 Å². The largest absolute Gasteiger partial charge is 0.366 e. The second kappa shape index (κ2) is 6.20. The van der Waals surface area contributed by atoms with Crippen LogP contribution in [0.25, 0.3) is 0 Å². The van der Waals surface area contributed by atoms with Crippen LogP contribution in [-0.2, 0) is 6.54 Å².